The average molecular weight is 502 g/mol. The van der Waals surface area contributed by atoms with Crippen molar-refractivity contribution in [2.45, 2.75) is 142 Å². The Morgan fingerprint density at radius 2 is 1.64 bits per heavy atom. The summed E-state index contributed by atoms with van der Waals surface area (Å²) in [6.45, 7) is 10.3. The van der Waals surface area contributed by atoms with Crippen molar-refractivity contribution in [3.05, 3.63) is 0 Å². The molecule has 0 unspecified atom stereocenters. The minimum Gasteiger partial charge on any atom is -0.388 e. The summed E-state index contributed by atoms with van der Waals surface area (Å²) in [6, 6.07) is 0. The number of hydrogen-bond donors (Lipinski definition) is 1. The van der Waals surface area contributed by atoms with Gasteiger partial charge in [0, 0.05) is 31.3 Å². The van der Waals surface area contributed by atoms with Gasteiger partial charge in [0.2, 0.25) is 5.91 Å². The lowest BCUT2D eigenvalue weighted by atomic mass is 9.44. The van der Waals surface area contributed by atoms with E-state index in [1.54, 1.807) is 0 Å². The van der Waals surface area contributed by atoms with Gasteiger partial charge in [-0.25, -0.2) is 0 Å². The van der Waals surface area contributed by atoms with E-state index in [1.165, 1.54) is 57.8 Å². The van der Waals surface area contributed by atoms with Crippen molar-refractivity contribution >= 4 is 11.7 Å². The number of carbonyl (C=O) groups excluding carboxylic acids is 2. The number of rotatable bonds is 11. The molecule has 0 aromatic heterocycles. The zero-order valence-electron chi connectivity index (χ0n) is 24.0. The summed E-state index contributed by atoms with van der Waals surface area (Å²) in [4.78, 5) is 27.5. The molecule has 4 heteroatoms. The predicted octanol–water partition coefficient (Wildman–Crippen LogP) is 7.32. The fourth-order valence-corrected chi connectivity index (χ4v) is 9.37. The van der Waals surface area contributed by atoms with E-state index in [4.69, 9.17) is 0 Å². The molecule has 0 aromatic carbocycles. The topological polar surface area (TPSA) is 57.6 Å². The van der Waals surface area contributed by atoms with Crippen molar-refractivity contribution in [1.29, 1.82) is 0 Å². The molecule has 0 aromatic rings. The SMILES string of the molecule is CCCCCCCCCN(C[C@@]1(O)CC[C@@]2(C)[C@@H](CC[C@@H]3[C@@H]2CC[C@]2(C)C(=O)CC[C@@H]32)C1)C(=O)CC. The lowest BCUT2D eigenvalue weighted by Gasteiger charge is -2.61. The molecule has 1 N–H and O–H groups in total. The lowest BCUT2D eigenvalue weighted by molar-refractivity contribution is -0.161. The normalized spacial score (nSPS) is 39.9. The van der Waals surface area contributed by atoms with E-state index in [0.29, 0.717) is 42.4 Å². The molecule has 4 aliphatic carbocycles. The first-order valence-corrected chi connectivity index (χ1v) is 15.7. The number of fused-ring (bicyclic) bond motifs is 5. The smallest absolute Gasteiger partial charge is 0.222 e. The van der Waals surface area contributed by atoms with Crippen LogP contribution >= 0.6 is 0 Å². The van der Waals surface area contributed by atoms with Gasteiger partial charge in [-0.15, -0.1) is 0 Å². The molecular weight excluding hydrogens is 446 g/mol. The number of Topliss-reactive ketones (excluding diaryl/α,β-unsaturated/α-hetero) is 1. The summed E-state index contributed by atoms with van der Waals surface area (Å²) >= 11 is 0. The monoisotopic (exact) mass is 501 g/mol. The van der Waals surface area contributed by atoms with Crippen LogP contribution in [-0.2, 0) is 9.59 Å². The Kier molecular flexibility index (Phi) is 8.95. The maximum Gasteiger partial charge on any atom is 0.222 e. The number of hydrogen-bond acceptors (Lipinski definition) is 3. The van der Waals surface area contributed by atoms with Crippen LogP contribution in [0, 0.1) is 34.5 Å². The van der Waals surface area contributed by atoms with E-state index in [9.17, 15) is 14.7 Å². The van der Waals surface area contributed by atoms with E-state index < -0.39 is 5.60 Å². The van der Waals surface area contributed by atoms with Gasteiger partial charge < -0.3 is 10.0 Å². The van der Waals surface area contributed by atoms with Crippen molar-refractivity contribution < 1.29 is 14.7 Å². The Morgan fingerprint density at radius 3 is 2.36 bits per heavy atom. The second-order valence-corrected chi connectivity index (χ2v) is 13.8. The highest BCUT2D eigenvalue weighted by atomic mass is 16.3. The van der Waals surface area contributed by atoms with Gasteiger partial charge in [0.05, 0.1) is 5.60 Å². The first-order chi connectivity index (χ1) is 17.2. The van der Waals surface area contributed by atoms with Gasteiger partial charge in [-0.2, -0.15) is 0 Å². The third kappa shape index (κ3) is 5.45. The number of carbonyl (C=O) groups is 2. The number of unbranched alkanes of at least 4 members (excludes halogenated alkanes) is 6. The van der Waals surface area contributed by atoms with Crippen LogP contribution in [0.4, 0.5) is 0 Å². The molecule has 0 radical (unpaired) electrons. The minimum atomic E-state index is -0.741. The number of nitrogens with zero attached hydrogens (tertiary/aromatic N) is 1. The van der Waals surface area contributed by atoms with E-state index in [0.717, 1.165) is 51.5 Å². The molecule has 0 heterocycles. The van der Waals surface area contributed by atoms with Crippen LogP contribution in [0.3, 0.4) is 0 Å². The van der Waals surface area contributed by atoms with Gasteiger partial charge in [-0.1, -0.05) is 66.2 Å². The minimum absolute atomic E-state index is 0.0587. The molecule has 4 aliphatic rings. The number of ketones is 1. The molecule has 0 aliphatic heterocycles. The molecule has 0 bridgehead atoms. The van der Waals surface area contributed by atoms with Gasteiger partial charge in [0.15, 0.2) is 0 Å². The third-order valence-electron chi connectivity index (χ3n) is 11.7. The lowest BCUT2D eigenvalue weighted by Crippen LogP contribution is -2.58. The van der Waals surface area contributed by atoms with Gasteiger partial charge in [-0.3, -0.25) is 9.59 Å². The third-order valence-corrected chi connectivity index (χ3v) is 11.7. The molecular formula is C32H55NO3. The zero-order chi connectivity index (χ0) is 26.0. The molecule has 7 atom stereocenters. The standard InChI is InChI=1S/C32H55NO3/c1-5-7-8-9-10-11-12-21-33(29(35)6-2)23-32(36)20-19-30(3)24(22-32)13-14-25-26-15-16-28(34)31(26,4)18-17-27(25)30/h24-27,36H,5-23H2,1-4H3/t24-,25-,26-,27-,30-,31-,32+/m0/s1. The van der Waals surface area contributed by atoms with Gasteiger partial charge in [0.25, 0.3) is 0 Å². The molecule has 36 heavy (non-hydrogen) atoms. The van der Waals surface area contributed by atoms with Crippen LogP contribution in [0.1, 0.15) is 137 Å². The average Bonchev–Trinajstić information content (AvgIpc) is 3.17. The Labute approximate surface area is 221 Å². The van der Waals surface area contributed by atoms with E-state index in [1.807, 2.05) is 11.8 Å². The highest BCUT2D eigenvalue weighted by Crippen LogP contribution is 2.66. The van der Waals surface area contributed by atoms with Crippen molar-refractivity contribution in [2.24, 2.45) is 34.5 Å². The van der Waals surface area contributed by atoms with Gasteiger partial charge >= 0.3 is 0 Å². The van der Waals surface area contributed by atoms with E-state index in [2.05, 4.69) is 20.8 Å². The summed E-state index contributed by atoms with van der Waals surface area (Å²) in [6.07, 6.45) is 18.5. The highest BCUT2D eigenvalue weighted by Gasteiger charge is 2.61. The highest BCUT2D eigenvalue weighted by molar-refractivity contribution is 5.87. The molecule has 206 valence electrons. The summed E-state index contributed by atoms with van der Waals surface area (Å²) < 4.78 is 0. The molecule has 4 nitrogen and oxygen atoms in total. The van der Waals surface area contributed by atoms with Crippen molar-refractivity contribution in [3.63, 3.8) is 0 Å². The predicted molar refractivity (Wildman–Crippen MR) is 147 cm³/mol. The Bertz CT molecular complexity index is 781. The molecule has 4 saturated carbocycles. The van der Waals surface area contributed by atoms with E-state index in [-0.39, 0.29) is 16.7 Å². The molecule has 0 saturated heterocycles. The summed E-state index contributed by atoms with van der Waals surface area (Å²) in [5.41, 5.74) is -0.521. The fourth-order valence-electron chi connectivity index (χ4n) is 9.37. The molecule has 1 amide bonds. The van der Waals surface area contributed by atoms with Crippen molar-refractivity contribution in [3.8, 4) is 0 Å². The zero-order valence-corrected chi connectivity index (χ0v) is 24.0. The molecule has 4 rings (SSSR count). The Morgan fingerprint density at radius 1 is 0.917 bits per heavy atom. The second kappa shape index (κ2) is 11.5. The van der Waals surface area contributed by atoms with Crippen LogP contribution in [0.25, 0.3) is 0 Å². The largest absolute Gasteiger partial charge is 0.388 e. The molecule has 0 spiro atoms. The second-order valence-electron chi connectivity index (χ2n) is 13.8. The van der Waals surface area contributed by atoms with Crippen LogP contribution in [-0.4, -0.2) is 40.4 Å². The van der Waals surface area contributed by atoms with Crippen LogP contribution in [0.5, 0.6) is 0 Å². The van der Waals surface area contributed by atoms with Gasteiger partial charge in [0.1, 0.15) is 5.78 Å². The quantitative estimate of drug-likeness (QED) is 0.302. The molecule has 4 fully saturated rings. The number of amides is 1. The summed E-state index contributed by atoms with van der Waals surface area (Å²) in [5, 5.41) is 11.8. The maximum atomic E-state index is 12.8. The fraction of sp³-hybridized carbons (Fsp3) is 0.938. The summed E-state index contributed by atoms with van der Waals surface area (Å²) in [5.74, 6) is 3.24. The first-order valence-electron chi connectivity index (χ1n) is 15.7. The number of aliphatic hydroxyl groups is 1. The Balaban J connectivity index is 1.35. The summed E-state index contributed by atoms with van der Waals surface area (Å²) in [7, 11) is 0. The Hall–Kier alpha value is -0.900. The maximum absolute atomic E-state index is 12.8. The van der Waals surface area contributed by atoms with Crippen LogP contribution < -0.4 is 0 Å². The van der Waals surface area contributed by atoms with Gasteiger partial charge in [-0.05, 0) is 86.9 Å². The van der Waals surface area contributed by atoms with Crippen molar-refractivity contribution in [2.75, 3.05) is 13.1 Å². The van der Waals surface area contributed by atoms with Crippen molar-refractivity contribution in [1.82, 2.24) is 4.90 Å². The van der Waals surface area contributed by atoms with Crippen LogP contribution in [0.15, 0.2) is 0 Å². The van der Waals surface area contributed by atoms with E-state index >= 15 is 0 Å². The van der Waals surface area contributed by atoms with Crippen LogP contribution in [0.2, 0.25) is 0 Å². The first kappa shape index (κ1) is 28.1.